The third-order valence-corrected chi connectivity index (χ3v) is 17.8. The maximum atomic E-state index is 12.0. The van der Waals surface area contributed by atoms with E-state index < -0.39 is 117 Å². The summed E-state index contributed by atoms with van der Waals surface area (Å²) in [5.41, 5.74) is 1.39. The number of aliphatic hydroxyl groups is 10. The summed E-state index contributed by atoms with van der Waals surface area (Å²) in [5.74, 6) is 1.81. The van der Waals surface area contributed by atoms with Gasteiger partial charge in [0.05, 0.1) is 38.1 Å². The number of rotatable bonds is 9. The van der Waals surface area contributed by atoms with E-state index in [0.717, 1.165) is 44.9 Å². The van der Waals surface area contributed by atoms with Gasteiger partial charge in [-0.1, -0.05) is 32.4 Å². The zero-order valence-electron chi connectivity index (χ0n) is 36.8. The molecule has 26 atom stereocenters. The van der Waals surface area contributed by atoms with Crippen LogP contribution in [0, 0.1) is 46.3 Å². The van der Waals surface area contributed by atoms with Gasteiger partial charge < -0.3 is 89.0 Å². The lowest BCUT2D eigenvalue weighted by Gasteiger charge is -2.59. The Bertz CT molecular complexity index is 1630. The lowest BCUT2D eigenvalue weighted by molar-refractivity contribution is -0.389. The number of allylic oxidation sites excluding steroid dienone is 1. The molecule has 63 heavy (non-hydrogen) atoms. The van der Waals surface area contributed by atoms with E-state index in [-0.39, 0.29) is 35.4 Å². The fourth-order valence-corrected chi connectivity index (χ4v) is 14.1. The van der Waals surface area contributed by atoms with Crippen molar-refractivity contribution in [1.29, 1.82) is 0 Å². The molecule has 360 valence electrons. The molecule has 3 saturated carbocycles. The van der Waals surface area contributed by atoms with Crippen LogP contribution in [0.4, 0.5) is 0 Å². The Morgan fingerprint density at radius 1 is 0.667 bits per heavy atom. The molecule has 0 aromatic rings. The third kappa shape index (κ3) is 7.81. The second kappa shape index (κ2) is 17.8. The predicted molar refractivity (Wildman–Crippen MR) is 216 cm³/mol. The van der Waals surface area contributed by atoms with E-state index in [4.69, 9.17) is 37.9 Å². The van der Waals surface area contributed by atoms with E-state index in [1.54, 1.807) is 0 Å². The minimum atomic E-state index is -1.82. The first-order valence-electron chi connectivity index (χ1n) is 23.5. The summed E-state index contributed by atoms with van der Waals surface area (Å²) in [6.07, 6.45) is -12.8. The molecule has 18 nitrogen and oxygen atoms in total. The Morgan fingerprint density at radius 2 is 1.35 bits per heavy atom. The summed E-state index contributed by atoms with van der Waals surface area (Å²) < 4.78 is 49.8. The van der Waals surface area contributed by atoms with Crippen molar-refractivity contribution in [1.82, 2.24) is 0 Å². The SMILES string of the molecule is C[C@@H]1O[C@@H](O[C@H]2[C@H](O[C@H]3CC[C@@]4(C)C(=CCC5C6CC7OC8(CC[C@@H](CO)CO8)[C@@H](C)C7[C@@]6(C)CCC54)C3)O[C@H](CO)[C@@H](O[C@H]3O[C@@H](CO)[C@H](O)[C@@H](O)[C@@H]3O)[C@@H]2O)[C@H](O)[C@H](O)[C@H]1O. The molecule has 9 rings (SSSR count). The Morgan fingerprint density at radius 3 is 2.03 bits per heavy atom. The second-order valence-corrected chi connectivity index (χ2v) is 21.0. The molecule has 5 aliphatic heterocycles. The molecule has 5 heterocycles. The van der Waals surface area contributed by atoms with Gasteiger partial charge in [-0.25, -0.2) is 0 Å². The number of hydrogen-bond acceptors (Lipinski definition) is 18. The minimum absolute atomic E-state index is 0.0603. The van der Waals surface area contributed by atoms with E-state index in [1.165, 1.54) is 12.5 Å². The van der Waals surface area contributed by atoms with Gasteiger partial charge in [-0.15, -0.1) is 0 Å². The molecular weight excluding hydrogens is 828 g/mol. The average Bonchev–Trinajstić information content (AvgIpc) is 3.72. The highest BCUT2D eigenvalue weighted by atomic mass is 16.8. The van der Waals surface area contributed by atoms with Crippen LogP contribution in [0.2, 0.25) is 0 Å². The average molecular weight is 901 g/mol. The normalized spacial score (nSPS) is 56.9. The second-order valence-electron chi connectivity index (χ2n) is 21.0. The monoisotopic (exact) mass is 900 g/mol. The van der Waals surface area contributed by atoms with Gasteiger partial charge in [0.15, 0.2) is 24.7 Å². The molecule has 4 aliphatic carbocycles. The molecule has 0 radical (unpaired) electrons. The fourth-order valence-electron chi connectivity index (χ4n) is 14.1. The van der Waals surface area contributed by atoms with Gasteiger partial charge in [0.25, 0.3) is 0 Å². The number of fused-ring (bicyclic) bond motifs is 7. The quantitative estimate of drug-likeness (QED) is 0.127. The molecule has 0 aromatic carbocycles. The number of aliphatic hydroxyl groups excluding tert-OH is 10. The van der Waals surface area contributed by atoms with Crippen LogP contribution in [-0.2, 0) is 37.9 Å². The summed E-state index contributed by atoms with van der Waals surface area (Å²) in [4.78, 5) is 0. The van der Waals surface area contributed by atoms with E-state index >= 15 is 0 Å². The molecule has 0 bridgehead atoms. The van der Waals surface area contributed by atoms with Crippen molar-refractivity contribution in [2.75, 3.05) is 26.4 Å². The molecule has 6 unspecified atom stereocenters. The van der Waals surface area contributed by atoms with E-state index in [1.807, 2.05) is 0 Å². The zero-order valence-corrected chi connectivity index (χ0v) is 36.8. The Balaban J connectivity index is 0.912. The summed E-state index contributed by atoms with van der Waals surface area (Å²) in [6.45, 7) is 7.97. The van der Waals surface area contributed by atoms with Crippen LogP contribution < -0.4 is 0 Å². The lowest BCUT2D eigenvalue weighted by atomic mass is 9.47. The zero-order chi connectivity index (χ0) is 44.9. The van der Waals surface area contributed by atoms with Crippen LogP contribution in [0.25, 0.3) is 0 Å². The Kier molecular flexibility index (Phi) is 13.3. The first-order valence-corrected chi connectivity index (χ1v) is 23.5. The standard InChI is InChI=1S/C45H72O18/c1-19-30-27(63-45(19)12-7-21(15-46)18-56-45)14-26-24-6-5-22-13-23(8-10-43(22,3)25(24)9-11-44(26,30)4)58-42-39(62-40-35(53)33(51)31(49)20(2)57-40)37(55)38(29(17-48)60-42)61-41-36(54)34(52)32(50)28(16-47)59-41/h5,19-21,23-42,46-55H,6-18H2,1-4H3/t19-,20-,21-,23-,24?,25?,26?,27?,28-,29+,30?,31-,32-,33+,34+,35+,36-,37-,38+,39+,40-,41+,42+,43-,44-,45?/m0/s1. The van der Waals surface area contributed by atoms with E-state index in [2.05, 4.69) is 26.8 Å². The lowest BCUT2D eigenvalue weighted by Crippen LogP contribution is -2.67. The van der Waals surface area contributed by atoms with Crippen molar-refractivity contribution in [2.24, 2.45) is 46.3 Å². The highest BCUT2D eigenvalue weighted by Crippen LogP contribution is 2.70. The summed E-state index contributed by atoms with van der Waals surface area (Å²) in [6, 6.07) is 0. The van der Waals surface area contributed by atoms with Gasteiger partial charge >= 0.3 is 0 Å². The van der Waals surface area contributed by atoms with Gasteiger partial charge in [0.2, 0.25) is 0 Å². The molecule has 9 aliphatic rings. The number of hydrogen-bond donors (Lipinski definition) is 10. The van der Waals surface area contributed by atoms with Crippen molar-refractivity contribution < 1.29 is 89.0 Å². The largest absolute Gasteiger partial charge is 0.396 e. The van der Waals surface area contributed by atoms with Gasteiger partial charge in [-0.05, 0) is 92.8 Å². The van der Waals surface area contributed by atoms with E-state index in [9.17, 15) is 51.1 Å². The Labute approximate surface area is 368 Å². The first-order chi connectivity index (χ1) is 30.0. The van der Waals surface area contributed by atoms with Crippen LogP contribution in [0.5, 0.6) is 0 Å². The molecule has 0 aromatic heterocycles. The minimum Gasteiger partial charge on any atom is -0.396 e. The highest BCUT2D eigenvalue weighted by Gasteiger charge is 2.69. The number of ether oxygens (including phenoxy) is 8. The molecule has 10 N–H and O–H groups in total. The van der Waals surface area contributed by atoms with Crippen LogP contribution in [0.15, 0.2) is 11.6 Å². The van der Waals surface area contributed by atoms with Crippen LogP contribution in [0.3, 0.4) is 0 Å². The Hall–Kier alpha value is -0.980. The smallest absolute Gasteiger partial charge is 0.187 e. The third-order valence-electron chi connectivity index (χ3n) is 17.8. The topological polar surface area (TPSA) is 276 Å². The summed E-state index contributed by atoms with van der Waals surface area (Å²) >= 11 is 0. The molecule has 8 fully saturated rings. The first kappa shape index (κ1) is 47.1. The van der Waals surface area contributed by atoms with Gasteiger partial charge in [-0.2, -0.15) is 0 Å². The van der Waals surface area contributed by atoms with Crippen LogP contribution in [0.1, 0.15) is 85.5 Å². The van der Waals surface area contributed by atoms with Gasteiger partial charge in [-0.3, -0.25) is 0 Å². The summed E-state index contributed by atoms with van der Waals surface area (Å²) in [5, 5.41) is 105. The molecular formula is C45H72O18. The van der Waals surface area contributed by atoms with Crippen LogP contribution >= 0.6 is 0 Å². The van der Waals surface area contributed by atoms with Gasteiger partial charge in [0.1, 0.15) is 67.1 Å². The van der Waals surface area contributed by atoms with Crippen molar-refractivity contribution in [3.63, 3.8) is 0 Å². The van der Waals surface area contributed by atoms with Crippen molar-refractivity contribution in [3.05, 3.63) is 11.6 Å². The maximum Gasteiger partial charge on any atom is 0.187 e. The molecule has 0 amide bonds. The van der Waals surface area contributed by atoms with Crippen LogP contribution in [-0.4, -0.2) is 188 Å². The van der Waals surface area contributed by atoms with Gasteiger partial charge in [0, 0.05) is 24.9 Å². The molecule has 1 spiro atoms. The predicted octanol–water partition coefficient (Wildman–Crippen LogP) is -0.813. The molecule has 5 saturated heterocycles. The van der Waals surface area contributed by atoms with Crippen molar-refractivity contribution in [3.8, 4) is 0 Å². The highest BCUT2D eigenvalue weighted by molar-refractivity contribution is 5.26. The molecule has 18 heteroatoms. The van der Waals surface area contributed by atoms with E-state index in [0.29, 0.717) is 43.1 Å². The maximum absolute atomic E-state index is 12.0. The summed E-state index contributed by atoms with van der Waals surface area (Å²) in [7, 11) is 0. The fraction of sp³-hybridized carbons (Fsp3) is 0.956. The van der Waals surface area contributed by atoms with Crippen molar-refractivity contribution in [2.45, 2.75) is 196 Å². The van der Waals surface area contributed by atoms with Crippen molar-refractivity contribution >= 4 is 0 Å².